The predicted molar refractivity (Wildman–Crippen MR) is 208 cm³/mol. The van der Waals surface area contributed by atoms with Crippen LogP contribution >= 0.6 is 0 Å². The van der Waals surface area contributed by atoms with Crippen LogP contribution in [0.25, 0.3) is 33.4 Å². The van der Waals surface area contributed by atoms with E-state index in [2.05, 4.69) is 31.6 Å². The molecule has 0 radical (unpaired) electrons. The van der Waals surface area contributed by atoms with E-state index in [4.69, 9.17) is 4.74 Å². The van der Waals surface area contributed by atoms with Gasteiger partial charge in [-0.05, 0) is 86.9 Å². The molecule has 0 unspecified atom stereocenters. The molecule has 2 fully saturated rings. The van der Waals surface area contributed by atoms with Crippen LogP contribution in [0.4, 0.5) is 13.2 Å². The van der Waals surface area contributed by atoms with Gasteiger partial charge >= 0.3 is 6.36 Å². The standard InChI is InChI=1S/C20H19F3N4O3.C20H22N4O3/c1-25-8-10-26(11-9-25)19(29)16-12-13-2-7-17(28)27(18(13)24-16)14-3-5-15(6-4-14)30-20(21,22)23;1-22-9-11-23(12-10-22)20(26)17-13-14-3-8-18(25)24(19(14)21-17)15-4-6-16(27-2)7-5-15/h2-7,12,24H,8-11H2,1H3;3-8,13,21H,9-12H2,1-2H3. The van der Waals surface area contributed by atoms with E-state index in [0.717, 1.165) is 49.4 Å². The molecule has 6 heterocycles. The highest BCUT2D eigenvalue weighted by Crippen LogP contribution is 2.25. The second-order valence-electron chi connectivity index (χ2n) is 13.9. The maximum Gasteiger partial charge on any atom is 0.573 e. The maximum absolute atomic E-state index is 12.9. The van der Waals surface area contributed by atoms with Gasteiger partial charge in [-0.3, -0.25) is 28.3 Å². The topological polar surface area (TPSA) is 141 Å². The number of carbonyl (C=O) groups is 2. The molecule has 17 heteroatoms. The minimum Gasteiger partial charge on any atom is -0.497 e. The third-order valence-electron chi connectivity index (χ3n) is 10.1. The summed E-state index contributed by atoms with van der Waals surface area (Å²) < 4.78 is 49.1. The number of nitrogens with one attached hydrogen (secondary N) is 2. The summed E-state index contributed by atoms with van der Waals surface area (Å²) in [6.45, 7) is 5.92. The average molecular weight is 787 g/mol. The highest BCUT2D eigenvalue weighted by molar-refractivity contribution is 5.98. The van der Waals surface area contributed by atoms with Crippen LogP contribution in [-0.4, -0.2) is 130 Å². The molecule has 2 amide bonds. The van der Waals surface area contributed by atoms with Crippen molar-refractivity contribution < 1.29 is 32.2 Å². The lowest BCUT2D eigenvalue weighted by molar-refractivity contribution is -0.274. The smallest absolute Gasteiger partial charge is 0.497 e. The van der Waals surface area contributed by atoms with Crippen LogP contribution in [0.15, 0.2) is 94.5 Å². The molecule has 0 bridgehead atoms. The summed E-state index contributed by atoms with van der Waals surface area (Å²) in [6.07, 6.45) is -4.80. The number of rotatable bonds is 6. The van der Waals surface area contributed by atoms with E-state index >= 15 is 0 Å². The molecule has 2 saturated heterocycles. The lowest BCUT2D eigenvalue weighted by Gasteiger charge is -2.32. The summed E-state index contributed by atoms with van der Waals surface area (Å²) in [5.74, 6) is 0.139. The number of carbonyl (C=O) groups excluding carboxylic acids is 2. The van der Waals surface area contributed by atoms with E-state index in [1.807, 2.05) is 30.1 Å². The number of hydrogen-bond donors (Lipinski definition) is 2. The SMILES string of the molecule is CN1CCN(C(=O)c2cc3ccc(=O)n(-c4ccc(OC(F)(F)F)cc4)c3[nH]2)CC1.COc1ccc(-n2c(=O)ccc3cc(C(=O)N4CCN(C)CC4)[nH]c32)cc1. The molecular formula is C40H41F3N8O6. The normalized spacial score (nSPS) is 15.4. The number of amides is 2. The zero-order valence-corrected chi connectivity index (χ0v) is 31.5. The number of piperazine rings is 2. The summed E-state index contributed by atoms with van der Waals surface area (Å²) in [6, 6.07) is 21.9. The summed E-state index contributed by atoms with van der Waals surface area (Å²) in [4.78, 5) is 64.8. The van der Waals surface area contributed by atoms with Crippen molar-refractivity contribution >= 4 is 33.9 Å². The number of ether oxygens (including phenoxy) is 2. The van der Waals surface area contributed by atoms with Gasteiger partial charge in [0, 0.05) is 75.3 Å². The van der Waals surface area contributed by atoms with Crippen molar-refractivity contribution in [1.82, 2.24) is 38.7 Å². The highest BCUT2D eigenvalue weighted by Gasteiger charge is 2.31. The van der Waals surface area contributed by atoms with Crippen LogP contribution in [0.1, 0.15) is 21.0 Å². The first kappa shape index (κ1) is 38.9. The number of alkyl halides is 3. The van der Waals surface area contributed by atoms with E-state index in [-0.39, 0.29) is 28.7 Å². The summed E-state index contributed by atoms with van der Waals surface area (Å²) in [5, 5.41) is 1.46. The summed E-state index contributed by atoms with van der Waals surface area (Å²) in [5.41, 5.74) is 2.39. The van der Waals surface area contributed by atoms with Crippen molar-refractivity contribution in [2.75, 3.05) is 73.6 Å². The Bertz CT molecular complexity index is 2510. The number of aromatic amines is 2. The lowest BCUT2D eigenvalue weighted by atomic mass is 10.2. The number of aromatic nitrogens is 4. The number of methoxy groups -OCH3 is 1. The van der Waals surface area contributed by atoms with Crippen molar-refractivity contribution in [3.05, 3.63) is 117 Å². The molecule has 0 spiro atoms. The Balaban J connectivity index is 0.000000175. The molecule has 14 nitrogen and oxygen atoms in total. The number of likely N-dealkylation sites (N-methyl/N-ethyl adjacent to an activating group) is 2. The van der Waals surface area contributed by atoms with Gasteiger partial charge in [0.25, 0.3) is 22.9 Å². The fourth-order valence-corrected chi connectivity index (χ4v) is 6.87. The number of pyridine rings is 2. The Morgan fingerprint density at radius 3 is 1.33 bits per heavy atom. The number of halogens is 3. The van der Waals surface area contributed by atoms with Gasteiger partial charge in [-0.25, -0.2) is 0 Å². The summed E-state index contributed by atoms with van der Waals surface area (Å²) >= 11 is 0. The van der Waals surface area contributed by atoms with Crippen LogP contribution in [0.5, 0.6) is 11.5 Å². The molecule has 57 heavy (non-hydrogen) atoms. The second-order valence-corrected chi connectivity index (χ2v) is 13.9. The van der Waals surface area contributed by atoms with E-state index in [0.29, 0.717) is 65.6 Å². The Kier molecular flexibility index (Phi) is 10.9. The molecule has 4 aromatic heterocycles. The molecule has 6 aromatic rings. The Labute approximate surface area is 324 Å². The van der Waals surface area contributed by atoms with Gasteiger partial charge in [0.15, 0.2) is 0 Å². The predicted octanol–water partition coefficient (Wildman–Crippen LogP) is 4.32. The molecule has 0 saturated carbocycles. The zero-order valence-electron chi connectivity index (χ0n) is 31.5. The molecule has 2 aliphatic heterocycles. The minimum absolute atomic E-state index is 0.0342. The highest BCUT2D eigenvalue weighted by atomic mass is 19.4. The second kappa shape index (κ2) is 16.0. The molecule has 0 aliphatic carbocycles. The Hall–Kier alpha value is -6.33. The van der Waals surface area contributed by atoms with Crippen LogP contribution in [0, 0.1) is 0 Å². The van der Waals surface area contributed by atoms with Gasteiger partial charge < -0.3 is 39.0 Å². The van der Waals surface area contributed by atoms with Gasteiger partial charge in [0.2, 0.25) is 0 Å². The van der Waals surface area contributed by atoms with Crippen molar-refractivity contribution in [2.45, 2.75) is 6.36 Å². The third kappa shape index (κ3) is 8.58. The van der Waals surface area contributed by atoms with E-state index in [1.54, 1.807) is 46.9 Å². The largest absolute Gasteiger partial charge is 0.573 e. The van der Waals surface area contributed by atoms with Gasteiger partial charge in [-0.15, -0.1) is 13.2 Å². The monoisotopic (exact) mass is 786 g/mol. The number of H-pyrrole nitrogens is 2. The first-order chi connectivity index (χ1) is 27.3. The molecule has 2 N–H and O–H groups in total. The average Bonchev–Trinajstić information content (AvgIpc) is 3.83. The van der Waals surface area contributed by atoms with Crippen molar-refractivity contribution in [1.29, 1.82) is 0 Å². The fraction of sp³-hybridized carbons (Fsp3) is 0.300. The van der Waals surface area contributed by atoms with Crippen LogP contribution in [0.3, 0.4) is 0 Å². The fourth-order valence-electron chi connectivity index (χ4n) is 6.87. The van der Waals surface area contributed by atoms with Gasteiger partial charge in [0.05, 0.1) is 18.5 Å². The molecule has 298 valence electrons. The quantitative estimate of drug-likeness (QED) is 0.255. The van der Waals surface area contributed by atoms with Gasteiger partial charge in [-0.1, -0.05) is 0 Å². The molecule has 2 aromatic carbocycles. The summed E-state index contributed by atoms with van der Waals surface area (Å²) in [7, 11) is 5.65. The van der Waals surface area contributed by atoms with Crippen LogP contribution in [-0.2, 0) is 0 Å². The molecule has 0 atom stereocenters. The lowest BCUT2D eigenvalue weighted by Crippen LogP contribution is -2.47. The number of benzene rings is 2. The maximum atomic E-state index is 12.9. The first-order valence-electron chi connectivity index (χ1n) is 18.2. The molecule has 2 aliphatic rings. The zero-order chi connectivity index (χ0) is 40.4. The first-order valence-corrected chi connectivity index (χ1v) is 18.2. The number of fused-ring (bicyclic) bond motifs is 2. The van der Waals surface area contributed by atoms with E-state index in [9.17, 15) is 32.3 Å². The molecule has 8 rings (SSSR count). The minimum atomic E-state index is -4.80. The molecular weight excluding hydrogens is 745 g/mol. The van der Waals surface area contributed by atoms with Crippen LogP contribution < -0.4 is 20.6 Å². The third-order valence-corrected chi connectivity index (χ3v) is 10.1. The van der Waals surface area contributed by atoms with Crippen molar-refractivity contribution in [3.8, 4) is 22.9 Å². The van der Waals surface area contributed by atoms with Crippen LogP contribution in [0.2, 0.25) is 0 Å². The number of hydrogen-bond acceptors (Lipinski definition) is 8. The van der Waals surface area contributed by atoms with Crippen molar-refractivity contribution in [3.63, 3.8) is 0 Å². The van der Waals surface area contributed by atoms with Gasteiger partial charge in [0.1, 0.15) is 34.2 Å². The van der Waals surface area contributed by atoms with Crippen molar-refractivity contribution in [2.24, 2.45) is 0 Å². The van der Waals surface area contributed by atoms with Gasteiger partial charge in [-0.2, -0.15) is 0 Å². The van der Waals surface area contributed by atoms with E-state index < -0.39 is 6.36 Å². The Morgan fingerprint density at radius 2 is 0.965 bits per heavy atom. The van der Waals surface area contributed by atoms with E-state index in [1.165, 1.54) is 28.8 Å². The Morgan fingerprint density at radius 1 is 0.579 bits per heavy atom. The number of nitrogens with zero attached hydrogens (tertiary/aromatic N) is 6.